The number of non-ortho nitro benzene ring substituents is 1. The molecule has 0 heterocycles. The van der Waals surface area contributed by atoms with Gasteiger partial charge in [0.2, 0.25) is 0 Å². The van der Waals surface area contributed by atoms with Gasteiger partial charge in [0.1, 0.15) is 0 Å². The third-order valence-corrected chi connectivity index (χ3v) is 2.60. The summed E-state index contributed by atoms with van der Waals surface area (Å²) in [6.45, 7) is 0.429. The summed E-state index contributed by atoms with van der Waals surface area (Å²) in [5, 5.41) is 28.2. The van der Waals surface area contributed by atoms with Gasteiger partial charge in [-0.1, -0.05) is 0 Å². The first kappa shape index (κ1) is 18.5. The second kappa shape index (κ2) is 9.38. The second-order valence-corrected chi connectivity index (χ2v) is 3.95. The molecule has 0 aromatic heterocycles. The first-order chi connectivity index (χ1) is 9.08. The van der Waals surface area contributed by atoms with E-state index in [-0.39, 0.29) is 43.6 Å². The number of ketones is 1. The predicted molar refractivity (Wildman–Crippen MR) is 75.3 cm³/mol. The second-order valence-electron chi connectivity index (χ2n) is 3.95. The van der Waals surface area contributed by atoms with Crippen molar-refractivity contribution in [1.29, 1.82) is 0 Å². The minimum atomic E-state index is -0.530. The number of aliphatic hydroxyl groups excluding tert-OH is 2. The number of nitrogens with zero attached hydrogens (tertiary/aromatic N) is 2. The molecule has 0 saturated carbocycles. The molecular formula is C12H17ClN2O5. The monoisotopic (exact) mass is 304 g/mol. The molecule has 112 valence electrons. The molecule has 0 aliphatic heterocycles. The maximum absolute atomic E-state index is 11.9. The Morgan fingerprint density at radius 1 is 1.15 bits per heavy atom. The smallest absolute Gasteiger partial charge is 0.269 e. The zero-order valence-electron chi connectivity index (χ0n) is 10.8. The van der Waals surface area contributed by atoms with Gasteiger partial charge in [0.05, 0.1) is 24.7 Å². The Balaban J connectivity index is 0.00000361. The van der Waals surface area contributed by atoms with Gasteiger partial charge in [0, 0.05) is 30.8 Å². The molecule has 7 nitrogen and oxygen atoms in total. The predicted octanol–water partition coefficient (Wildman–Crippen LogP) is 0.486. The van der Waals surface area contributed by atoms with E-state index in [9.17, 15) is 14.9 Å². The summed E-state index contributed by atoms with van der Waals surface area (Å²) in [4.78, 5) is 23.5. The van der Waals surface area contributed by atoms with E-state index in [1.54, 1.807) is 4.90 Å². The fourth-order valence-corrected chi connectivity index (χ4v) is 1.62. The fourth-order valence-electron chi connectivity index (χ4n) is 1.62. The van der Waals surface area contributed by atoms with E-state index in [0.717, 1.165) is 0 Å². The molecule has 0 aliphatic rings. The van der Waals surface area contributed by atoms with Crippen molar-refractivity contribution in [2.75, 3.05) is 32.8 Å². The van der Waals surface area contributed by atoms with E-state index in [4.69, 9.17) is 10.2 Å². The molecule has 2 N–H and O–H groups in total. The van der Waals surface area contributed by atoms with E-state index in [1.165, 1.54) is 24.3 Å². The highest BCUT2D eigenvalue weighted by molar-refractivity contribution is 5.97. The first-order valence-corrected chi connectivity index (χ1v) is 5.80. The summed E-state index contributed by atoms with van der Waals surface area (Å²) >= 11 is 0. The highest BCUT2D eigenvalue weighted by atomic mass is 35.5. The summed E-state index contributed by atoms with van der Waals surface area (Å²) in [7, 11) is 0. The van der Waals surface area contributed by atoms with Gasteiger partial charge in [-0.2, -0.15) is 0 Å². The number of benzene rings is 1. The molecule has 1 aromatic carbocycles. The van der Waals surface area contributed by atoms with Crippen molar-refractivity contribution in [1.82, 2.24) is 4.90 Å². The van der Waals surface area contributed by atoms with Gasteiger partial charge in [0.25, 0.3) is 5.69 Å². The van der Waals surface area contributed by atoms with Crippen LogP contribution in [0.5, 0.6) is 0 Å². The topological polar surface area (TPSA) is 104 Å². The lowest BCUT2D eigenvalue weighted by Crippen LogP contribution is -2.34. The van der Waals surface area contributed by atoms with Crippen LogP contribution in [0.15, 0.2) is 24.3 Å². The van der Waals surface area contributed by atoms with Crippen LogP contribution in [0, 0.1) is 10.1 Å². The highest BCUT2D eigenvalue weighted by Gasteiger charge is 2.13. The van der Waals surface area contributed by atoms with E-state index < -0.39 is 4.92 Å². The molecule has 0 atom stereocenters. The molecule has 0 spiro atoms. The van der Waals surface area contributed by atoms with Gasteiger partial charge in [-0.05, 0) is 12.1 Å². The molecule has 1 aromatic rings. The van der Waals surface area contributed by atoms with Crippen molar-refractivity contribution >= 4 is 23.9 Å². The van der Waals surface area contributed by atoms with Gasteiger partial charge >= 0.3 is 0 Å². The molecule has 8 heteroatoms. The number of halogens is 1. The first-order valence-electron chi connectivity index (χ1n) is 5.80. The van der Waals surface area contributed by atoms with Crippen LogP contribution in [0.3, 0.4) is 0 Å². The van der Waals surface area contributed by atoms with Crippen LogP contribution in [-0.4, -0.2) is 58.7 Å². The SMILES string of the molecule is Cl.O=C(CN(CCO)CCO)c1ccc([N+](=O)[O-])cc1. The maximum atomic E-state index is 11.9. The minimum Gasteiger partial charge on any atom is -0.395 e. The van der Waals surface area contributed by atoms with Crippen molar-refractivity contribution in [3.8, 4) is 0 Å². The van der Waals surface area contributed by atoms with Crippen molar-refractivity contribution in [3.05, 3.63) is 39.9 Å². The van der Waals surface area contributed by atoms with Crippen molar-refractivity contribution in [2.24, 2.45) is 0 Å². The van der Waals surface area contributed by atoms with Crippen molar-refractivity contribution in [2.45, 2.75) is 0 Å². The lowest BCUT2D eigenvalue weighted by atomic mass is 10.1. The Kier molecular flexibility index (Phi) is 8.66. The van der Waals surface area contributed by atoms with Crippen LogP contribution >= 0.6 is 12.4 Å². The number of carbonyl (C=O) groups excluding carboxylic acids is 1. The quantitative estimate of drug-likeness (QED) is 0.411. The maximum Gasteiger partial charge on any atom is 0.269 e. The van der Waals surface area contributed by atoms with Gasteiger partial charge in [-0.15, -0.1) is 12.4 Å². The van der Waals surface area contributed by atoms with Crippen LogP contribution < -0.4 is 0 Å². The lowest BCUT2D eigenvalue weighted by Gasteiger charge is -2.18. The summed E-state index contributed by atoms with van der Waals surface area (Å²) in [6.07, 6.45) is 0. The number of rotatable bonds is 8. The number of carbonyl (C=O) groups is 1. The molecule has 0 aliphatic carbocycles. The Bertz CT molecular complexity index is 432. The van der Waals surface area contributed by atoms with Crippen LogP contribution in [-0.2, 0) is 0 Å². The number of nitro benzene ring substituents is 1. The minimum absolute atomic E-state index is 0. The van der Waals surface area contributed by atoms with Gasteiger partial charge in [0.15, 0.2) is 5.78 Å². The average molecular weight is 305 g/mol. The molecular weight excluding hydrogens is 288 g/mol. The molecule has 0 fully saturated rings. The third kappa shape index (κ3) is 5.62. The normalized spacial score (nSPS) is 10.2. The van der Waals surface area contributed by atoms with Crippen LogP contribution in [0.25, 0.3) is 0 Å². The molecule has 0 amide bonds. The van der Waals surface area contributed by atoms with E-state index >= 15 is 0 Å². The van der Waals surface area contributed by atoms with E-state index in [1.807, 2.05) is 0 Å². The van der Waals surface area contributed by atoms with Crippen LogP contribution in [0.1, 0.15) is 10.4 Å². The molecule has 0 saturated heterocycles. The summed E-state index contributed by atoms with van der Waals surface area (Å²) in [6, 6.07) is 5.35. The number of hydrogen-bond donors (Lipinski definition) is 2. The lowest BCUT2D eigenvalue weighted by molar-refractivity contribution is -0.384. The zero-order chi connectivity index (χ0) is 14.3. The fraction of sp³-hybridized carbons (Fsp3) is 0.417. The molecule has 0 bridgehead atoms. The average Bonchev–Trinajstić information content (AvgIpc) is 2.39. The Hall–Kier alpha value is -1.54. The Morgan fingerprint density at radius 3 is 2.05 bits per heavy atom. The van der Waals surface area contributed by atoms with Crippen molar-refractivity contribution < 1.29 is 19.9 Å². The number of Topliss-reactive ketones (excluding diaryl/α,β-unsaturated/α-hetero) is 1. The van der Waals surface area contributed by atoms with Crippen LogP contribution in [0.2, 0.25) is 0 Å². The largest absolute Gasteiger partial charge is 0.395 e. The number of hydrogen-bond acceptors (Lipinski definition) is 6. The van der Waals surface area contributed by atoms with Gasteiger partial charge in [-0.3, -0.25) is 19.8 Å². The van der Waals surface area contributed by atoms with E-state index in [0.29, 0.717) is 18.7 Å². The molecule has 20 heavy (non-hydrogen) atoms. The van der Waals surface area contributed by atoms with Gasteiger partial charge < -0.3 is 10.2 Å². The third-order valence-electron chi connectivity index (χ3n) is 2.60. The van der Waals surface area contributed by atoms with E-state index in [2.05, 4.69) is 0 Å². The molecule has 0 unspecified atom stereocenters. The molecule has 0 radical (unpaired) electrons. The summed E-state index contributed by atoms with van der Waals surface area (Å²) in [5.41, 5.74) is 0.297. The highest BCUT2D eigenvalue weighted by Crippen LogP contribution is 2.12. The Labute approximate surface area is 122 Å². The number of nitro groups is 1. The number of aliphatic hydroxyl groups is 2. The zero-order valence-corrected chi connectivity index (χ0v) is 11.6. The van der Waals surface area contributed by atoms with Gasteiger partial charge in [-0.25, -0.2) is 0 Å². The Morgan fingerprint density at radius 2 is 1.65 bits per heavy atom. The summed E-state index contributed by atoms with van der Waals surface area (Å²) < 4.78 is 0. The van der Waals surface area contributed by atoms with Crippen molar-refractivity contribution in [3.63, 3.8) is 0 Å². The molecule has 1 rings (SSSR count). The summed E-state index contributed by atoms with van der Waals surface area (Å²) in [5.74, 6) is -0.211. The van der Waals surface area contributed by atoms with Crippen LogP contribution in [0.4, 0.5) is 5.69 Å². The standard InChI is InChI=1S/C12H16N2O5.ClH/c15-7-5-13(6-8-16)9-12(17)10-1-3-11(4-2-10)14(18)19;/h1-4,15-16H,5-9H2;1H.